The lowest BCUT2D eigenvalue weighted by Crippen LogP contribution is -2.23. The quantitative estimate of drug-likeness (QED) is 0.773. The molecule has 0 aliphatic heterocycles. The SMILES string of the molecule is CONC(=O)CC(C)c1ccc(F)cc1. The van der Waals surface area contributed by atoms with Crippen LogP contribution in [-0.2, 0) is 9.63 Å². The van der Waals surface area contributed by atoms with E-state index in [1.807, 2.05) is 6.92 Å². The van der Waals surface area contributed by atoms with Gasteiger partial charge in [0.2, 0.25) is 5.91 Å². The van der Waals surface area contributed by atoms with Crippen molar-refractivity contribution in [2.24, 2.45) is 0 Å². The Morgan fingerprint density at radius 1 is 1.47 bits per heavy atom. The van der Waals surface area contributed by atoms with Crippen LogP contribution in [0.15, 0.2) is 24.3 Å². The number of carbonyl (C=O) groups excluding carboxylic acids is 1. The fourth-order valence-electron chi connectivity index (χ4n) is 1.34. The van der Waals surface area contributed by atoms with Gasteiger partial charge in [-0.15, -0.1) is 0 Å². The van der Waals surface area contributed by atoms with Crippen LogP contribution < -0.4 is 5.48 Å². The molecule has 1 N–H and O–H groups in total. The molecule has 0 bridgehead atoms. The topological polar surface area (TPSA) is 38.3 Å². The first-order valence-corrected chi connectivity index (χ1v) is 4.70. The molecule has 0 fully saturated rings. The summed E-state index contributed by atoms with van der Waals surface area (Å²) in [6.45, 7) is 1.91. The molecular weight excluding hydrogens is 197 g/mol. The molecule has 0 heterocycles. The molecule has 1 aromatic carbocycles. The second kappa shape index (κ2) is 5.46. The van der Waals surface area contributed by atoms with Gasteiger partial charge >= 0.3 is 0 Å². The van der Waals surface area contributed by atoms with Crippen molar-refractivity contribution in [1.29, 1.82) is 0 Å². The highest BCUT2D eigenvalue weighted by atomic mass is 19.1. The Labute approximate surface area is 88.2 Å². The number of carbonyl (C=O) groups is 1. The highest BCUT2D eigenvalue weighted by Crippen LogP contribution is 2.18. The van der Waals surface area contributed by atoms with Crippen molar-refractivity contribution in [3.8, 4) is 0 Å². The highest BCUT2D eigenvalue weighted by Gasteiger charge is 2.10. The molecule has 1 unspecified atom stereocenters. The third kappa shape index (κ3) is 3.67. The minimum absolute atomic E-state index is 0.0424. The maximum Gasteiger partial charge on any atom is 0.244 e. The molecular formula is C11H14FNO2. The zero-order valence-corrected chi connectivity index (χ0v) is 8.79. The number of hydrogen-bond acceptors (Lipinski definition) is 2. The van der Waals surface area contributed by atoms with Crippen molar-refractivity contribution in [1.82, 2.24) is 5.48 Å². The van der Waals surface area contributed by atoms with E-state index in [9.17, 15) is 9.18 Å². The Balaban J connectivity index is 2.57. The largest absolute Gasteiger partial charge is 0.277 e. The molecule has 3 nitrogen and oxygen atoms in total. The van der Waals surface area contributed by atoms with Gasteiger partial charge < -0.3 is 0 Å². The zero-order valence-electron chi connectivity index (χ0n) is 8.79. The number of benzene rings is 1. The minimum atomic E-state index is -0.271. The van der Waals surface area contributed by atoms with Gasteiger partial charge in [-0.05, 0) is 23.6 Å². The molecule has 0 saturated heterocycles. The maximum absolute atomic E-state index is 12.6. The molecule has 0 aliphatic carbocycles. The Hall–Kier alpha value is -1.42. The summed E-state index contributed by atoms with van der Waals surface area (Å²) >= 11 is 0. The summed E-state index contributed by atoms with van der Waals surface area (Å²) < 4.78 is 12.6. The monoisotopic (exact) mass is 211 g/mol. The standard InChI is InChI=1S/C11H14FNO2/c1-8(7-11(14)13-15-2)9-3-5-10(12)6-4-9/h3-6,8H,7H2,1-2H3,(H,13,14). The normalized spacial score (nSPS) is 12.2. The first kappa shape index (κ1) is 11.7. The maximum atomic E-state index is 12.6. The number of rotatable bonds is 4. The van der Waals surface area contributed by atoms with Gasteiger partial charge in [-0.1, -0.05) is 19.1 Å². The molecule has 1 aromatic rings. The second-order valence-corrected chi connectivity index (χ2v) is 3.39. The van der Waals surface area contributed by atoms with Crippen molar-refractivity contribution in [3.05, 3.63) is 35.6 Å². The lowest BCUT2D eigenvalue weighted by Gasteiger charge is -2.10. The van der Waals surface area contributed by atoms with E-state index in [-0.39, 0.29) is 17.6 Å². The number of hydrogen-bond donors (Lipinski definition) is 1. The summed E-state index contributed by atoms with van der Waals surface area (Å²) in [5, 5.41) is 0. The number of halogens is 1. The summed E-state index contributed by atoms with van der Waals surface area (Å²) in [5.74, 6) is -0.414. The number of nitrogens with one attached hydrogen (secondary N) is 1. The van der Waals surface area contributed by atoms with Crippen LogP contribution in [0.5, 0.6) is 0 Å². The molecule has 82 valence electrons. The summed E-state index contributed by atoms with van der Waals surface area (Å²) in [6, 6.07) is 6.14. The lowest BCUT2D eigenvalue weighted by molar-refractivity contribution is -0.131. The number of amides is 1. The third-order valence-electron chi connectivity index (χ3n) is 2.15. The van der Waals surface area contributed by atoms with Gasteiger partial charge in [0.05, 0.1) is 7.11 Å². The summed E-state index contributed by atoms with van der Waals surface area (Å²) in [5.41, 5.74) is 3.18. The fourth-order valence-corrected chi connectivity index (χ4v) is 1.34. The van der Waals surface area contributed by atoms with Crippen LogP contribution in [0.3, 0.4) is 0 Å². The van der Waals surface area contributed by atoms with Crippen molar-refractivity contribution >= 4 is 5.91 Å². The van der Waals surface area contributed by atoms with Crippen molar-refractivity contribution in [3.63, 3.8) is 0 Å². The van der Waals surface area contributed by atoms with E-state index in [2.05, 4.69) is 10.3 Å². The smallest absolute Gasteiger partial charge is 0.244 e. The molecule has 0 aliphatic rings. The van der Waals surface area contributed by atoms with Gasteiger partial charge in [0, 0.05) is 6.42 Å². The lowest BCUT2D eigenvalue weighted by atomic mass is 9.98. The molecule has 0 saturated carbocycles. The number of hydroxylamine groups is 1. The molecule has 1 atom stereocenters. The Kier molecular flexibility index (Phi) is 4.24. The molecule has 1 rings (SSSR count). The van der Waals surface area contributed by atoms with E-state index in [0.29, 0.717) is 6.42 Å². The van der Waals surface area contributed by atoms with Gasteiger partial charge in [0.25, 0.3) is 0 Å². The molecule has 4 heteroatoms. The minimum Gasteiger partial charge on any atom is -0.277 e. The van der Waals surface area contributed by atoms with Gasteiger partial charge in [-0.25, -0.2) is 9.87 Å². The van der Waals surface area contributed by atoms with Crippen molar-refractivity contribution < 1.29 is 14.0 Å². The highest BCUT2D eigenvalue weighted by molar-refractivity contribution is 5.75. The van der Waals surface area contributed by atoms with Crippen LogP contribution >= 0.6 is 0 Å². The zero-order chi connectivity index (χ0) is 11.3. The average Bonchev–Trinajstić information content (AvgIpc) is 2.18. The predicted molar refractivity (Wildman–Crippen MR) is 54.6 cm³/mol. The van der Waals surface area contributed by atoms with Crippen LogP contribution in [-0.4, -0.2) is 13.0 Å². The van der Waals surface area contributed by atoms with Gasteiger partial charge in [0.1, 0.15) is 5.82 Å². The molecule has 0 radical (unpaired) electrons. The molecule has 0 spiro atoms. The average molecular weight is 211 g/mol. The van der Waals surface area contributed by atoms with E-state index in [4.69, 9.17) is 0 Å². The van der Waals surface area contributed by atoms with Crippen molar-refractivity contribution in [2.75, 3.05) is 7.11 Å². The molecule has 0 aromatic heterocycles. The molecule has 1 amide bonds. The Morgan fingerprint density at radius 3 is 2.60 bits per heavy atom. The summed E-state index contributed by atoms with van der Waals surface area (Å²) in [4.78, 5) is 15.7. The van der Waals surface area contributed by atoms with E-state index in [1.54, 1.807) is 12.1 Å². The molecule has 15 heavy (non-hydrogen) atoms. The second-order valence-electron chi connectivity index (χ2n) is 3.39. The first-order chi connectivity index (χ1) is 7.13. The van der Waals surface area contributed by atoms with Crippen LogP contribution in [0.25, 0.3) is 0 Å². The van der Waals surface area contributed by atoms with Gasteiger partial charge in [-0.2, -0.15) is 0 Å². The van der Waals surface area contributed by atoms with Crippen LogP contribution in [0.4, 0.5) is 4.39 Å². The van der Waals surface area contributed by atoms with Crippen molar-refractivity contribution in [2.45, 2.75) is 19.3 Å². The van der Waals surface area contributed by atoms with E-state index in [0.717, 1.165) is 5.56 Å². The third-order valence-corrected chi connectivity index (χ3v) is 2.15. The fraction of sp³-hybridized carbons (Fsp3) is 0.364. The van der Waals surface area contributed by atoms with Crippen LogP contribution in [0.1, 0.15) is 24.8 Å². The predicted octanol–water partition coefficient (Wildman–Crippen LogP) is 2.00. The van der Waals surface area contributed by atoms with Crippen LogP contribution in [0.2, 0.25) is 0 Å². The summed E-state index contributed by atoms with van der Waals surface area (Å²) in [6.07, 6.45) is 0.319. The summed E-state index contributed by atoms with van der Waals surface area (Å²) in [7, 11) is 1.39. The van der Waals surface area contributed by atoms with E-state index >= 15 is 0 Å². The first-order valence-electron chi connectivity index (χ1n) is 4.70. The Bertz CT molecular complexity index is 324. The Morgan fingerprint density at radius 2 is 2.07 bits per heavy atom. The van der Waals surface area contributed by atoms with Gasteiger partial charge in [-0.3, -0.25) is 9.63 Å². The van der Waals surface area contributed by atoms with E-state index < -0.39 is 0 Å². The van der Waals surface area contributed by atoms with Crippen LogP contribution in [0, 0.1) is 5.82 Å². The van der Waals surface area contributed by atoms with Gasteiger partial charge in [0.15, 0.2) is 0 Å². The van der Waals surface area contributed by atoms with E-state index in [1.165, 1.54) is 19.2 Å².